The number of fused-ring (bicyclic) bond motifs is 4. The lowest BCUT2D eigenvalue weighted by molar-refractivity contribution is -0.493. The third kappa shape index (κ3) is 3.43. The first kappa shape index (κ1) is 19.0. The van der Waals surface area contributed by atoms with Gasteiger partial charge in [0.1, 0.15) is 11.9 Å². The van der Waals surface area contributed by atoms with Crippen molar-refractivity contribution < 1.29 is 19.9 Å². The fourth-order valence-electron chi connectivity index (χ4n) is 4.90. The molecule has 3 fully saturated rings. The Morgan fingerprint density at radius 1 is 1.39 bits per heavy atom. The van der Waals surface area contributed by atoms with Gasteiger partial charge >= 0.3 is 0 Å². The van der Waals surface area contributed by atoms with E-state index in [1.54, 1.807) is 13.3 Å². The number of hydrogen-bond donors (Lipinski definition) is 2. The monoisotopic (exact) mass is 387 g/mol. The third-order valence-electron chi connectivity index (χ3n) is 6.35. The number of benzene rings is 1. The fraction of sp³-hybridized carbons (Fsp3) is 0.550. The molecule has 0 saturated carbocycles. The van der Waals surface area contributed by atoms with Crippen molar-refractivity contribution in [1.82, 2.24) is 9.88 Å². The van der Waals surface area contributed by atoms with Gasteiger partial charge in [0.25, 0.3) is 0 Å². The minimum Gasteiger partial charge on any atom is -0.497 e. The standard InChI is InChI=1S/C20H25N3O5/c1-28-13-2-3-17-15(9-13)14(4-6-21-17)20(25)18-8-12-5-7-22(18)10-16(12)19(24)11-23(26)27/h2-4,6,9,12,16,18-20,24-25H,5,7-8,10-11H2,1H3/t12-,16?,18-,19?,20+/m0/s1. The molecule has 3 aliphatic heterocycles. The molecule has 4 heterocycles. The van der Waals surface area contributed by atoms with E-state index in [4.69, 9.17) is 4.74 Å². The van der Waals surface area contributed by atoms with Crippen LogP contribution in [-0.2, 0) is 0 Å². The number of nitro groups is 1. The van der Waals surface area contributed by atoms with Crippen LogP contribution in [-0.4, -0.2) is 63.9 Å². The summed E-state index contributed by atoms with van der Waals surface area (Å²) in [5.74, 6) is 0.779. The van der Waals surface area contributed by atoms with Crippen LogP contribution in [0.5, 0.6) is 5.75 Å². The second kappa shape index (κ2) is 7.62. The lowest BCUT2D eigenvalue weighted by atomic mass is 9.71. The molecule has 8 heteroatoms. The number of aliphatic hydroxyl groups is 2. The molecule has 1 aromatic carbocycles. The Bertz CT molecular complexity index is 876. The lowest BCUT2D eigenvalue weighted by Gasteiger charge is -2.52. The van der Waals surface area contributed by atoms with E-state index in [0.29, 0.717) is 18.7 Å². The van der Waals surface area contributed by atoms with E-state index in [1.807, 2.05) is 24.3 Å². The van der Waals surface area contributed by atoms with Crippen molar-refractivity contribution in [2.45, 2.75) is 31.1 Å². The predicted molar refractivity (Wildman–Crippen MR) is 103 cm³/mol. The molecular weight excluding hydrogens is 362 g/mol. The van der Waals surface area contributed by atoms with E-state index in [1.165, 1.54) is 0 Å². The lowest BCUT2D eigenvalue weighted by Crippen LogP contribution is -2.58. The van der Waals surface area contributed by atoms with Crippen LogP contribution in [0, 0.1) is 22.0 Å². The molecule has 28 heavy (non-hydrogen) atoms. The second-order valence-electron chi connectivity index (χ2n) is 7.82. The highest BCUT2D eigenvalue weighted by molar-refractivity contribution is 5.83. The molecule has 3 saturated heterocycles. The maximum atomic E-state index is 11.2. The molecule has 8 nitrogen and oxygen atoms in total. The number of hydrogen-bond acceptors (Lipinski definition) is 7. The van der Waals surface area contributed by atoms with Gasteiger partial charge in [-0.3, -0.25) is 20.0 Å². The Morgan fingerprint density at radius 3 is 2.89 bits per heavy atom. The number of nitrogens with zero attached hydrogens (tertiary/aromatic N) is 3. The average Bonchev–Trinajstić information content (AvgIpc) is 2.72. The van der Waals surface area contributed by atoms with Crippen LogP contribution >= 0.6 is 0 Å². The van der Waals surface area contributed by atoms with Crippen molar-refractivity contribution in [2.24, 2.45) is 11.8 Å². The molecule has 2 aromatic rings. The van der Waals surface area contributed by atoms with E-state index in [0.717, 1.165) is 29.4 Å². The van der Waals surface area contributed by atoms with Gasteiger partial charge in [0.15, 0.2) is 0 Å². The van der Waals surface area contributed by atoms with Crippen molar-refractivity contribution in [3.8, 4) is 5.75 Å². The summed E-state index contributed by atoms with van der Waals surface area (Å²) in [4.78, 5) is 16.9. The maximum absolute atomic E-state index is 11.2. The quantitative estimate of drug-likeness (QED) is 0.573. The van der Waals surface area contributed by atoms with Gasteiger partial charge in [0.2, 0.25) is 6.54 Å². The van der Waals surface area contributed by atoms with Crippen LogP contribution in [0.3, 0.4) is 0 Å². The molecule has 6 atom stereocenters. The van der Waals surface area contributed by atoms with E-state index >= 15 is 0 Å². The topological polar surface area (TPSA) is 109 Å². The van der Waals surface area contributed by atoms with Gasteiger partial charge in [-0.15, -0.1) is 0 Å². The zero-order valence-corrected chi connectivity index (χ0v) is 15.8. The Morgan fingerprint density at radius 2 is 2.21 bits per heavy atom. The smallest absolute Gasteiger partial charge is 0.229 e. The number of piperidine rings is 3. The normalized spacial score (nSPS) is 28.8. The second-order valence-corrected chi connectivity index (χ2v) is 7.82. The Kier molecular flexibility index (Phi) is 5.18. The highest BCUT2D eigenvalue weighted by Gasteiger charge is 2.46. The molecule has 0 aliphatic carbocycles. The Balaban J connectivity index is 1.58. The molecule has 0 amide bonds. The molecule has 3 aliphatic rings. The molecule has 0 radical (unpaired) electrons. The molecule has 3 unspecified atom stereocenters. The maximum Gasteiger partial charge on any atom is 0.229 e. The number of pyridine rings is 1. The van der Waals surface area contributed by atoms with Crippen molar-refractivity contribution >= 4 is 10.9 Å². The van der Waals surface area contributed by atoms with E-state index < -0.39 is 23.7 Å². The molecule has 5 rings (SSSR count). The van der Waals surface area contributed by atoms with Crippen LogP contribution < -0.4 is 4.74 Å². The summed E-state index contributed by atoms with van der Waals surface area (Å²) in [6.07, 6.45) is 1.68. The zero-order chi connectivity index (χ0) is 19.8. The summed E-state index contributed by atoms with van der Waals surface area (Å²) in [6, 6.07) is 7.38. The summed E-state index contributed by atoms with van der Waals surface area (Å²) in [5, 5.41) is 33.1. The number of methoxy groups -OCH3 is 1. The summed E-state index contributed by atoms with van der Waals surface area (Å²) >= 11 is 0. The molecule has 2 N–H and O–H groups in total. The van der Waals surface area contributed by atoms with E-state index in [2.05, 4.69) is 9.88 Å². The van der Waals surface area contributed by atoms with Crippen LogP contribution in [0.15, 0.2) is 30.5 Å². The van der Waals surface area contributed by atoms with E-state index in [-0.39, 0.29) is 17.9 Å². The first-order valence-corrected chi connectivity index (χ1v) is 9.62. The van der Waals surface area contributed by atoms with Gasteiger partial charge in [-0.2, -0.15) is 0 Å². The van der Waals surface area contributed by atoms with Gasteiger partial charge in [-0.05, 0) is 55.1 Å². The Hall–Kier alpha value is -2.29. The van der Waals surface area contributed by atoms with Gasteiger partial charge in [0, 0.05) is 35.0 Å². The third-order valence-corrected chi connectivity index (χ3v) is 6.35. The summed E-state index contributed by atoms with van der Waals surface area (Å²) in [6.45, 7) is 0.991. The first-order valence-electron chi connectivity index (χ1n) is 9.62. The van der Waals surface area contributed by atoms with Gasteiger partial charge in [-0.1, -0.05) is 0 Å². The van der Waals surface area contributed by atoms with Gasteiger partial charge in [-0.25, -0.2) is 0 Å². The van der Waals surface area contributed by atoms with Gasteiger partial charge < -0.3 is 14.9 Å². The number of ether oxygens (including phenoxy) is 1. The molecule has 2 bridgehead atoms. The first-order chi connectivity index (χ1) is 13.5. The van der Waals surface area contributed by atoms with Crippen molar-refractivity contribution in [2.75, 3.05) is 26.7 Å². The van der Waals surface area contributed by atoms with Crippen LogP contribution in [0.2, 0.25) is 0 Å². The highest BCUT2D eigenvalue weighted by atomic mass is 16.6. The van der Waals surface area contributed by atoms with Crippen molar-refractivity contribution in [3.63, 3.8) is 0 Å². The summed E-state index contributed by atoms with van der Waals surface area (Å²) < 4.78 is 5.32. The highest BCUT2D eigenvalue weighted by Crippen LogP contribution is 2.43. The minimum atomic E-state index is -0.938. The Labute approximate surface area is 162 Å². The molecule has 1 aromatic heterocycles. The van der Waals surface area contributed by atoms with Gasteiger partial charge in [0.05, 0.1) is 18.7 Å². The fourth-order valence-corrected chi connectivity index (χ4v) is 4.90. The number of aliphatic hydroxyl groups excluding tert-OH is 2. The molecule has 0 spiro atoms. The largest absolute Gasteiger partial charge is 0.497 e. The summed E-state index contributed by atoms with van der Waals surface area (Å²) in [7, 11) is 1.61. The molecule has 150 valence electrons. The van der Waals surface area contributed by atoms with Crippen molar-refractivity contribution in [3.05, 3.63) is 46.1 Å². The number of rotatable bonds is 6. The van der Waals surface area contributed by atoms with E-state index in [9.17, 15) is 20.3 Å². The summed E-state index contributed by atoms with van der Waals surface area (Å²) in [5.41, 5.74) is 1.61. The SMILES string of the molecule is COc1ccc2nccc([C@@H](O)[C@@H]3C[C@@H]4CCN3CC4C(O)C[N+](=O)[O-])c2c1. The van der Waals surface area contributed by atoms with Crippen LogP contribution in [0.1, 0.15) is 24.5 Å². The zero-order valence-electron chi connectivity index (χ0n) is 15.8. The predicted octanol–water partition coefficient (Wildman–Crippen LogP) is 1.62. The van der Waals surface area contributed by atoms with Crippen LogP contribution in [0.25, 0.3) is 10.9 Å². The minimum absolute atomic E-state index is 0.0744. The molecular formula is C20H25N3O5. The average molecular weight is 387 g/mol. The number of aromatic nitrogens is 1. The van der Waals surface area contributed by atoms with Crippen LogP contribution in [0.4, 0.5) is 0 Å². The van der Waals surface area contributed by atoms with Crippen molar-refractivity contribution in [1.29, 1.82) is 0 Å².